The zero-order valence-electron chi connectivity index (χ0n) is 10.7. The predicted octanol–water partition coefficient (Wildman–Crippen LogP) is 2.29. The standard InChI is InChI=1S/C13H16F2O3S/c1-2-19(17,18)8-4-5-10(16)9-11-12(14)6-3-7-13(11)15/h3,6-7H,2,4-5,8-9H2,1H3. The third-order valence-electron chi connectivity index (χ3n) is 2.79. The summed E-state index contributed by atoms with van der Waals surface area (Å²) in [6.07, 6.45) is -0.150. The van der Waals surface area contributed by atoms with Gasteiger partial charge in [-0.25, -0.2) is 17.2 Å². The van der Waals surface area contributed by atoms with Gasteiger partial charge in [-0.05, 0) is 18.6 Å². The van der Waals surface area contributed by atoms with Gasteiger partial charge in [-0.3, -0.25) is 4.79 Å². The highest BCUT2D eigenvalue weighted by molar-refractivity contribution is 7.91. The van der Waals surface area contributed by atoms with Gasteiger partial charge in [0.2, 0.25) is 0 Å². The molecule has 106 valence electrons. The SMILES string of the molecule is CCS(=O)(=O)CCCC(=O)Cc1c(F)cccc1F. The molecule has 0 radical (unpaired) electrons. The van der Waals surface area contributed by atoms with Gasteiger partial charge in [0.1, 0.15) is 27.3 Å². The van der Waals surface area contributed by atoms with E-state index in [1.165, 1.54) is 13.0 Å². The summed E-state index contributed by atoms with van der Waals surface area (Å²) in [6, 6.07) is 3.41. The van der Waals surface area contributed by atoms with Gasteiger partial charge in [0.05, 0.1) is 5.75 Å². The van der Waals surface area contributed by atoms with E-state index in [9.17, 15) is 22.0 Å². The number of hydrogen-bond acceptors (Lipinski definition) is 3. The van der Waals surface area contributed by atoms with Gasteiger partial charge < -0.3 is 0 Å². The van der Waals surface area contributed by atoms with Crippen LogP contribution in [0.1, 0.15) is 25.3 Å². The fourth-order valence-electron chi connectivity index (χ4n) is 1.62. The van der Waals surface area contributed by atoms with Crippen molar-refractivity contribution in [1.29, 1.82) is 0 Å². The third kappa shape index (κ3) is 5.06. The minimum atomic E-state index is -3.10. The highest BCUT2D eigenvalue weighted by Crippen LogP contribution is 2.14. The van der Waals surface area contributed by atoms with Gasteiger partial charge in [0.15, 0.2) is 0 Å². The van der Waals surface area contributed by atoms with Crippen molar-refractivity contribution in [3.05, 3.63) is 35.4 Å². The molecule has 0 spiro atoms. The van der Waals surface area contributed by atoms with Crippen molar-refractivity contribution in [1.82, 2.24) is 0 Å². The second-order valence-corrected chi connectivity index (χ2v) is 6.73. The van der Waals surface area contributed by atoms with E-state index in [-0.39, 0.29) is 42.1 Å². The first-order valence-electron chi connectivity index (χ1n) is 6.00. The number of sulfone groups is 1. The second kappa shape index (κ2) is 6.75. The van der Waals surface area contributed by atoms with Crippen LogP contribution in [0.2, 0.25) is 0 Å². The Morgan fingerprint density at radius 2 is 1.79 bits per heavy atom. The average molecular weight is 290 g/mol. The highest BCUT2D eigenvalue weighted by atomic mass is 32.2. The van der Waals surface area contributed by atoms with E-state index in [0.717, 1.165) is 12.1 Å². The average Bonchev–Trinajstić information content (AvgIpc) is 2.34. The summed E-state index contributed by atoms with van der Waals surface area (Å²) in [6.45, 7) is 1.53. The lowest BCUT2D eigenvalue weighted by atomic mass is 10.1. The zero-order chi connectivity index (χ0) is 14.5. The lowest BCUT2D eigenvalue weighted by Crippen LogP contribution is -2.12. The lowest BCUT2D eigenvalue weighted by Gasteiger charge is -2.04. The number of rotatable bonds is 7. The van der Waals surface area contributed by atoms with Crippen LogP contribution >= 0.6 is 0 Å². The van der Waals surface area contributed by atoms with Gasteiger partial charge in [0, 0.05) is 24.2 Å². The molecular weight excluding hydrogens is 274 g/mol. The Morgan fingerprint density at radius 1 is 1.21 bits per heavy atom. The topological polar surface area (TPSA) is 51.2 Å². The molecule has 0 heterocycles. The molecule has 0 aliphatic carbocycles. The second-order valence-electron chi connectivity index (χ2n) is 4.26. The largest absolute Gasteiger partial charge is 0.299 e. The molecule has 0 N–H and O–H groups in total. The Morgan fingerprint density at radius 3 is 2.32 bits per heavy atom. The van der Waals surface area contributed by atoms with E-state index in [4.69, 9.17) is 0 Å². The predicted molar refractivity (Wildman–Crippen MR) is 68.6 cm³/mol. The van der Waals surface area contributed by atoms with E-state index < -0.39 is 21.5 Å². The molecule has 0 amide bonds. The molecule has 0 fully saturated rings. The van der Waals surface area contributed by atoms with Gasteiger partial charge >= 0.3 is 0 Å². The molecule has 6 heteroatoms. The number of benzene rings is 1. The van der Waals surface area contributed by atoms with Crippen LogP contribution in [-0.2, 0) is 21.1 Å². The fraction of sp³-hybridized carbons (Fsp3) is 0.462. The number of ketones is 1. The Bertz CT molecular complexity index is 533. The van der Waals surface area contributed by atoms with Crippen molar-refractivity contribution >= 4 is 15.6 Å². The lowest BCUT2D eigenvalue weighted by molar-refractivity contribution is -0.118. The molecule has 0 saturated heterocycles. The number of halogens is 2. The van der Waals surface area contributed by atoms with E-state index >= 15 is 0 Å². The minimum Gasteiger partial charge on any atom is -0.299 e. The summed E-state index contributed by atoms with van der Waals surface area (Å²) in [5, 5.41) is 0. The minimum absolute atomic E-state index is 0.00695. The normalized spacial score (nSPS) is 11.5. The van der Waals surface area contributed by atoms with Crippen molar-refractivity contribution in [3.63, 3.8) is 0 Å². The van der Waals surface area contributed by atoms with E-state index in [2.05, 4.69) is 0 Å². The monoisotopic (exact) mass is 290 g/mol. The van der Waals surface area contributed by atoms with Crippen molar-refractivity contribution in [3.8, 4) is 0 Å². The molecule has 0 unspecified atom stereocenters. The van der Waals surface area contributed by atoms with E-state index in [1.54, 1.807) is 0 Å². The van der Waals surface area contributed by atoms with E-state index in [0.29, 0.717) is 0 Å². The quantitative estimate of drug-likeness (QED) is 0.774. The van der Waals surface area contributed by atoms with Crippen LogP contribution in [0.3, 0.4) is 0 Å². The highest BCUT2D eigenvalue weighted by Gasteiger charge is 2.14. The van der Waals surface area contributed by atoms with Crippen molar-refractivity contribution in [2.24, 2.45) is 0 Å². The molecule has 19 heavy (non-hydrogen) atoms. The number of hydrogen-bond donors (Lipinski definition) is 0. The molecule has 1 aromatic rings. The third-order valence-corrected chi connectivity index (χ3v) is 4.58. The summed E-state index contributed by atoms with van der Waals surface area (Å²) in [5.41, 5.74) is -0.258. The number of carbonyl (C=O) groups excluding carboxylic acids is 1. The molecule has 1 rings (SSSR count). The number of Topliss-reactive ketones (excluding diaryl/α,β-unsaturated/α-hetero) is 1. The van der Waals surface area contributed by atoms with Gasteiger partial charge in [-0.2, -0.15) is 0 Å². The smallest absolute Gasteiger partial charge is 0.150 e. The van der Waals surface area contributed by atoms with Gasteiger partial charge in [-0.15, -0.1) is 0 Å². The Balaban J connectivity index is 2.53. The molecule has 1 aromatic carbocycles. The molecule has 0 aliphatic rings. The van der Waals surface area contributed by atoms with Gasteiger partial charge in [0.25, 0.3) is 0 Å². The van der Waals surface area contributed by atoms with Crippen LogP contribution in [0.4, 0.5) is 8.78 Å². The molecule has 0 bridgehead atoms. The Hall–Kier alpha value is -1.30. The summed E-state index contributed by atoms with van der Waals surface area (Å²) in [4.78, 5) is 11.6. The van der Waals surface area contributed by atoms with Gasteiger partial charge in [-0.1, -0.05) is 13.0 Å². The molecule has 0 saturated carbocycles. The molecule has 3 nitrogen and oxygen atoms in total. The van der Waals surface area contributed by atoms with Crippen molar-refractivity contribution < 1.29 is 22.0 Å². The molecule has 0 aliphatic heterocycles. The van der Waals surface area contributed by atoms with Crippen LogP contribution in [0.25, 0.3) is 0 Å². The Labute approximate surface area is 111 Å². The molecule has 0 atom stereocenters. The first-order chi connectivity index (χ1) is 8.85. The summed E-state index contributed by atoms with van der Waals surface area (Å²) in [5.74, 6) is -1.92. The fourth-order valence-corrected chi connectivity index (χ4v) is 2.49. The summed E-state index contributed by atoms with van der Waals surface area (Å²) >= 11 is 0. The summed E-state index contributed by atoms with van der Waals surface area (Å²) < 4.78 is 49.0. The van der Waals surface area contributed by atoms with Crippen LogP contribution < -0.4 is 0 Å². The Kier molecular flexibility index (Phi) is 5.60. The van der Waals surface area contributed by atoms with Crippen LogP contribution in [0.15, 0.2) is 18.2 Å². The maximum absolute atomic E-state index is 13.3. The maximum atomic E-state index is 13.3. The van der Waals surface area contributed by atoms with Crippen LogP contribution in [0, 0.1) is 11.6 Å². The van der Waals surface area contributed by atoms with Crippen molar-refractivity contribution in [2.75, 3.05) is 11.5 Å². The first kappa shape index (κ1) is 15.8. The maximum Gasteiger partial charge on any atom is 0.150 e. The summed E-state index contributed by atoms with van der Waals surface area (Å²) in [7, 11) is -3.10. The first-order valence-corrected chi connectivity index (χ1v) is 7.83. The number of carbonyl (C=O) groups is 1. The molecule has 0 aromatic heterocycles. The molecular formula is C13H16F2O3S. The van der Waals surface area contributed by atoms with Crippen molar-refractivity contribution in [2.45, 2.75) is 26.2 Å². The van der Waals surface area contributed by atoms with E-state index in [1.807, 2.05) is 0 Å². The van der Waals surface area contributed by atoms with Crippen LogP contribution in [0.5, 0.6) is 0 Å². The van der Waals surface area contributed by atoms with Crippen LogP contribution in [-0.4, -0.2) is 25.7 Å². The zero-order valence-corrected chi connectivity index (χ0v) is 11.5.